The molecule has 0 aliphatic carbocycles. The van der Waals surface area contributed by atoms with E-state index in [0.717, 1.165) is 12.1 Å². The lowest BCUT2D eigenvalue weighted by Crippen LogP contribution is -2.33. The topological polar surface area (TPSA) is 45.1 Å². The van der Waals surface area contributed by atoms with E-state index in [1.54, 1.807) is 6.20 Å². The van der Waals surface area contributed by atoms with Crippen LogP contribution in [0.1, 0.15) is 38.9 Å². The number of hydrogen-bond donors (Lipinski definition) is 2. The van der Waals surface area contributed by atoms with Gasteiger partial charge in [-0.1, -0.05) is 26.3 Å². The second-order valence-electron chi connectivity index (χ2n) is 4.34. The molecule has 90 valence electrons. The molecule has 3 atom stereocenters. The molecule has 3 nitrogen and oxygen atoms in total. The van der Waals surface area contributed by atoms with E-state index in [1.165, 1.54) is 0 Å². The molecule has 0 saturated heterocycles. The highest BCUT2D eigenvalue weighted by Crippen LogP contribution is 2.10. The van der Waals surface area contributed by atoms with Crippen molar-refractivity contribution in [2.75, 3.05) is 6.54 Å². The lowest BCUT2D eigenvalue weighted by molar-refractivity contribution is 0.110. The number of rotatable bonds is 6. The third-order valence-electron chi connectivity index (χ3n) is 3.07. The van der Waals surface area contributed by atoms with E-state index in [0.29, 0.717) is 12.5 Å². The Kier molecular flexibility index (Phi) is 5.43. The predicted molar refractivity (Wildman–Crippen MR) is 66.1 cm³/mol. The van der Waals surface area contributed by atoms with Crippen molar-refractivity contribution < 1.29 is 5.11 Å². The molecule has 3 heteroatoms. The summed E-state index contributed by atoms with van der Waals surface area (Å²) in [4.78, 5) is 4.28. The lowest BCUT2D eigenvalue weighted by atomic mass is 10.0. The quantitative estimate of drug-likeness (QED) is 0.775. The van der Waals surface area contributed by atoms with Crippen molar-refractivity contribution in [2.24, 2.45) is 5.92 Å². The predicted octanol–water partition coefficient (Wildman–Crippen LogP) is 2.14. The molecule has 0 amide bonds. The molecule has 1 aromatic rings. The van der Waals surface area contributed by atoms with Crippen molar-refractivity contribution in [1.29, 1.82) is 0 Å². The van der Waals surface area contributed by atoms with Gasteiger partial charge in [-0.3, -0.25) is 4.98 Å². The minimum atomic E-state index is -0.281. The molecular formula is C13H22N2O. The molecule has 2 N–H and O–H groups in total. The molecular weight excluding hydrogens is 200 g/mol. The van der Waals surface area contributed by atoms with Gasteiger partial charge >= 0.3 is 0 Å². The van der Waals surface area contributed by atoms with Crippen molar-refractivity contribution in [3.63, 3.8) is 0 Å². The molecule has 1 rings (SSSR count). The van der Waals surface area contributed by atoms with Crippen molar-refractivity contribution in [3.05, 3.63) is 30.1 Å². The number of nitrogens with one attached hydrogen (secondary N) is 1. The van der Waals surface area contributed by atoms with Gasteiger partial charge in [0.25, 0.3) is 0 Å². The molecule has 0 bridgehead atoms. The smallest absolute Gasteiger partial charge is 0.0690 e. The van der Waals surface area contributed by atoms with Crippen LogP contribution < -0.4 is 5.32 Å². The first kappa shape index (κ1) is 13.1. The molecule has 0 saturated carbocycles. The average molecular weight is 222 g/mol. The van der Waals surface area contributed by atoms with E-state index in [4.69, 9.17) is 0 Å². The summed E-state index contributed by atoms with van der Waals surface area (Å²) in [5.74, 6) is 0.337. The second-order valence-corrected chi connectivity index (χ2v) is 4.34. The van der Waals surface area contributed by atoms with Crippen molar-refractivity contribution in [2.45, 2.75) is 39.3 Å². The van der Waals surface area contributed by atoms with Crippen LogP contribution in [0.4, 0.5) is 0 Å². The highest BCUT2D eigenvalue weighted by molar-refractivity contribution is 5.07. The Morgan fingerprint density at radius 1 is 1.38 bits per heavy atom. The monoisotopic (exact) mass is 222 g/mol. The van der Waals surface area contributed by atoms with Gasteiger partial charge in [-0.2, -0.15) is 0 Å². The Hall–Kier alpha value is -0.930. The van der Waals surface area contributed by atoms with Gasteiger partial charge in [-0.05, 0) is 25.0 Å². The van der Waals surface area contributed by atoms with Crippen molar-refractivity contribution in [1.82, 2.24) is 10.3 Å². The Morgan fingerprint density at radius 2 is 2.12 bits per heavy atom. The maximum Gasteiger partial charge on any atom is 0.0690 e. The number of hydrogen-bond acceptors (Lipinski definition) is 3. The van der Waals surface area contributed by atoms with Crippen molar-refractivity contribution >= 4 is 0 Å². The van der Waals surface area contributed by atoms with Gasteiger partial charge < -0.3 is 10.4 Å². The molecule has 0 fully saturated rings. The summed E-state index contributed by atoms with van der Waals surface area (Å²) in [6.07, 6.45) is 2.51. The lowest BCUT2D eigenvalue weighted by Gasteiger charge is -2.20. The normalized spacial score (nSPS) is 16.8. The minimum Gasteiger partial charge on any atom is -0.392 e. The number of aliphatic hydroxyl groups excluding tert-OH is 1. The Balaban J connectivity index is 2.38. The third-order valence-corrected chi connectivity index (χ3v) is 3.07. The Morgan fingerprint density at radius 3 is 2.69 bits per heavy atom. The molecule has 3 unspecified atom stereocenters. The fraction of sp³-hybridized carbons (Fsp3) is 0.615. The van der Waals surface area contributed by atoms with Crippen LogP contribution >= 0.6 is 0 Å². The fourth-order valence-electron chi connectivity index (χ4n) is 1.51. The van der Waals surface area contributed by atoms with E-state index in [1.807, 2.05) is 18.2 Å². The van der Waals surface area contributed by atoms with Gasteiger partial charge in [0.2, 0.25) is 0 Å². The van der Waals surface area contributed by atoms with Gasteiger partial charge in [-0.15, -0.1) is 0 Å². The summed E-state index contributed by atoms with van der Waals surface area (Å²) < 4.78 is 0. The van der Waals surface area contributed by atoms with Crippen LogP contribution in [0, 0.1) is 5.92 Å². The SMILES string of the molecule is CCC(C)C(O)CNC(C)c1ccccn1. The van der Waals surface area contributed by atoms with Crippen LogP contribution in [0.3, 0.4) is 0 Å². The summed E-state index contributed by atoms with van der Waals surface area (Å²) in [6, 6.07) is 6.06. The van der Waals surface area contributed by atoms with Crippen molar-refractivity contribution in [3.8, 4) is 0 Å². The van der Waals surface area contributed by atoms with E-state index in [-0.39, 0.29) is 12.1 Å². The van der Waals surface area contributed by atoms with Gasteiger partial charge in [-0.25, -0.2) is 0 Å². The van der Waals surface area contributed by atoms with Crippen LogP contribution in [-0.4, -0.2) is 22.7 Å². The van der Waals surface area contributed by atoms with Crippen LogP contribution in [-0.2, 0) is 0 Å². The van der Waals surface area contributed by atoms with Crippen LogP contribution in [0.25, 0.3) is 0 Å². The zero-order valence-electron chi connectivity index (χ0n) is 10.4. The minimum absolute atomic E-state index is 0.180. The summed E-state index contributed by atoms with van der Waals surface area (Å²) in [5.41, 5.74) is 1.01. The van der Waals surface area contributed by atoms with E-state index in [9.17, 15) is 5.11 Å². The molecule has 0 aromatic carbocycles. The Labute approximate surface area is 97.9 Å². The highest BCUT2D eigenvalue weighted by Gasteiger charge is 2.13. The van der Waals surface area contributed by atoms with E-state index < -0.39 is 0 Å². The van der Waals surface area contributed by atoms with E-state index in [2.05, 4.69) is 31.1 Å². The molecule has 16 heavy (non-hydrogen) atoms. The second kappa shape index (κ2) is 6.61. The summed E-state index contributed by atoms with van der Waals surface area (Å²) in [6.45, 7) is 6.84. The summed E-state index contributed by atoms with van der Waals surface area (Å²) >= 11 is 0. The number of nitrogens with zero attached hydrogens (tertiary/aromatic N) is 1. The summed E-state index contributed by atoms with van der Waals surface area (Å²) in [7, 11) is 0. The average Bonchev–Trinajstić information content (AvgIpc) is 2.35. The Bertz CT molecular complexity index is 289. The molecule has 0 aliphatic heterocycles. The largest absolute Gasteiger partial charge is 0.392 e. The molecule has 0 radical (unpaired) electrons. The zero-order valence-corrected chi connectivity index (χ0v) is 10.4. The van der Waals surface area contributed by atoms with Crippen LogP contribution in [0.5, 0.6) is 0 Å². The first-order valence-electron chi connectivity index (χ1n) is 5.97. The number of aliphatic hydroxyl groups is 1. The number of pyridine rings is 1. The van der Waals surface area contributed by atoms with Crippen LogP contribution in [0.2, 0.25) is 0 Å². The third kappa shape index (κ3) is 3.91. The molecule has 1 aromatic heterocycles. The fourth-order valence-corrected chi connectivity index (χ4v) is 1.51. The molecule has 0 spiro atoms. The summed E-state index contributed by atoms with van der Waals surface area (Å²) in [5, 5.41) is 13.1. The number of aromatic nitrogens is 1. The van der Waals surface area contributed by atoms with E-state index >= 15 is 0 Å². The standard InChI is InChI=1S/C13H22N2O/c1-4-10(2)13(16)9-15-11(3)12-7-5-6-8-14-12/h5-8,10-11,13,15-16H,4,9H2,1-3H3. The van der Waals surface area contributed by atoms with Gasteiger partial charge in [0.15, 0.2) is 0 Å². The zero-order chi connectivity index (χ0) is 12.0. The maximum absolute atomic E-state index is 9.83. The molecule has 1 heterocycles. The van der Waals surface area contributed by atoms with Crippen LogP contribution in [0.15, 0.2) is 24.4 Å². The van der Waals surface area contributed by atoms with Gasteiger partial charge in [0.1, 0.15) is 0 Å². The van der Waals surface area contributed by atoms with Gasteiger partial charge in [0, 0.05) is 18.8 Å². The van der Waals surface area contributed by atoms with Gasteiger partial charge in [0.05, 0.1) is 11.8 Å². The molecule has 0 aliphatic rings. The first-order chi connectivity index (χ1) is 7.65. The first-order valence-corrected chi connectivity index (χ1v) is 5.97. The highest BCUT2D eigenvalue weighted by atomic mass is 16.3. The maximum atomic E-state index is 9.83.